The van der Waals surface area contributed by atoms with E-state index in [0.717, 1.165) is 44.3 Å². The number of rotatable bonds is 1. The fourth-order valence-electron chi connectivity index (χ4n) is 4.02. The summed E-state index contributed by atoms with van der Waals surface area (Å²) in [6.07, 6.45) is 1.72. The van der Waals surface area contributed by atoms with Gasteiger partial charge in [-0.05, 0) is 48.7 Å². The Hall–Kier alpha value is -3.13. The monoisotopic (exact) mass is 355 g/mol. The van der Waals surface area contributed by atoms with Crippen LogP contribution in [-0.2, 0) is 7.05 Å². The first-order chi connectivity index (χ1) is 14.3. The lowest BCUT2D eigenvalue weighted by Gasteiger charge is -2.08. The molecule has 2 heterocycles. The van der Waals surface area contributed by atoms with E-state index < -0.39 is 6.85 Å². The van der Waals surface area contributed by atoms with Crippen LogP contribution in [-0.4, -0.2) is 0 Å². The van der Waals surface area contributed by atoms with Crippen LogP contribution in [0.15, 0.2) is 65.2 Å². The van der Waals surface area contributed by atoms with Crippen molar-refractivity contribution in [2.24, 2.45) is 7.05 Å². The number of hydrogen-bond donors (Lipinski definition) is 0. The van der Waals surface area contributed by atoms with Gasteiger partial charge in [0.25, 0.3) is 0 Å². The molecule has 3 aromatic carbocycles. The molecule has 2 nitrogen and oxygen atoms in total. The van der Waals surface area contributed by atoms with E-state index in [-0.39, 0.29) is 0 Å². The minimum absolute atomic E-state index is 0.370. The van der Waals surface area contributed by atoms with Crippen molar-refractivity contribution in [1.29, 1.82) is 0 Å². The average Bonchev–Trinajstić information content (AvgIpc) is 3.08. The van der Waals surface area contributed by atoms with Gasteiger partial charge in [0, 0.05) is 26.5 Å². The quantitative estimate of drug-likeness (QED) is 0.329. The summed E-state index contributed by atoms with van der Waals surface area (Å²) in [5, 5.41) is 4.53. The Morgan fingerprint density at radius 3 is 2.59 bits per heavy atom. The van der Waals surface area contributed by atoms with Gasteiger partial charge in [-0.15, -0.1) is 0 Å². The molecule has 0 fully saturated rings. The Morgan fingerprint density at radius 1 is 0.889 bits per heavy atom. The lowest BCUT2D eigenvalue weighted by Crippen LogP contribution is -2.31. The van der Waals surface area contributed by atoms with Crippen molar-refractivity contribution < 1.29 is 13.1 Å². The van der Waals surface area contributed by atoms with Gasteiger partial charge in [-0.3, -0.25) is 0 Å². The summed E-state index contributed by atoms with van der Waals surface area (Å²) in [4.78, 5) is 0. The van der Waals surface area contributed by atoms with Crippen LogP contribution in [0.4, 0.5) is 0 Å². The molecule has 0 atom stereocenters. The molecule has 0 saturated carbocycles. The SMILES string of the molecule is [2H]C([2H])([2H])c1c[n+](C)c(-c2c(C)ccc3c2oc2ccc4ccccc4c23)cc1C. The number of aromatic nitrogens is 1. The second-order valence-corrected chi connectivity index (χ2v) is 7.26. The van der Waals surface area contributed by atoms with Crippen molar-refractivity contribution >= 4 is 32.7 Å². The molecule has 0 radical (unpaired) electrons. The lowest BCUT2D eigenvalue weighted by atomic mass is 9.97. The molecule has 2 aromatic heterocycles. The molecule has 0 aliphatic carbocycles. The van der Waals surface area contributed by atoms with Crippen molar-refractivity contribution in [2.75, 3.05) is 0 Å². The number of benzene rings is 3. The van der Waals surface area contributed by atoms with Crippen LogP contribution in [0, 0.1) is 20.7 Å². The molecule has 0 amide bonds. The molecular formula is C25H22NO+. The molecule has 0 spiro atoms. The second kappa shape index (κ2) is 5.68. The van der Waals surface area contributed by atoms with Crippen LogP contribution >= 0.6 is 0 Å². The smallest absolute Gasteiger partial charge is 0.216 e. The summed E-state index contributed by atoms with van der Waals surface area (Å²) in [6.45, 7) is 1.78. The zero-order valence-corrected chi connectivity index (χ0v) is 15.6. The molecule has 0 unspecified atom stereocenters. The predicted octanol–water partition coefficient (Wildman–Crippen LogP) is 6.16. The minimum Gasteiger partial charge on any atom is -0.455 e. The number of pyridine rings is 1. The molecule has 0 N–H and O–H groups in total. The van der Waals surface area contributed by atoms with Crippen molar-refractivity contribution in [2.45, 2.75) is 20.7 Å². The molecule has 0 aliphatic rings. The van der Waals surface area contributed by atoms with Gasteiger partial charge in [0.1, 0.15) is 18.2 Å². The molecule has 132 valence electrons. The largest absolute Gasteiger partial charge is 0.455 e. The Morgan fingerprint density at radius 2 is 1.74 bits per heavy atom. The van der Waals surface area contributed by atoms with E-state index in [1.54, 1.807) is 6.20 Å². The molecule has 0 saturated heterocycles. The van der Waals surface area contributed by atoms with E-state index in [4.69, 9.17) is 8.53 Å². The average molecular weight is 355 g/mol. The fraction of sp³-hybridized carbons (Fsp3) is 0.160. The van der Waals surface area contributed by atoms with E-state index in [1.165, 1.54) is 10.8 Å². The van der Waals surface area contributed by atoms with Crippen molar-refractivity contribution in [3.8, 4) is 11.3 Å². The van der Waals surface area contributed by atoms with Crippen LogP contribution in [0.2, 0.25) is 0 Å². The highest BCUT2D eigenvalue weighted by Gasteiger charge is 2.22. The Balaban J connectivity index is 1.87. The van der Waals surface area contributed by atoms with Crippen LogP contribution in [0.3, 0.4) is 0 Å². The Bertz CT molecular complexity index is 1460. The zero-order chi connectivity index (χ0) is 21.2. The highest BCUT2D eigenvalue weighted by Crippen LogP contribution is 2.39. The maximum atomic E-state index is 7.81. The normalized spacial score (nSPS) is 13.8. The molecule has 0 bridgehead atoms. The maximum absolute atomic E-state index is 7.81. The number of fused-ring (bicyclic) bond motifs is 5. The van der Waals surface area contributed by atoms with Crippen molar-refractivity contribution in [3.05, 3.63) is 77.5 Å². The van der Waals surface area contributed by atoms with E-state index in [0.29, 0.717) is 5.56 Å². The van der Waals surface area contributed by atoms with Gasteiger partial charge in [-0.25, -0.2) is 4.57 Å². The second-order valence-electron chi connectivity index (χ2n) is 7.26. The van der Waals surface area contributed by atoms with E-state index >= 15 is 0 Å². The third-order valence-corrected chi connectivity index (χ3v) is 5.48. The summed E-state index contributed by atoms with van der Waals surface area (Å²) < 4.78 is 31.7. The van der Waals surface area contributed by atoms with E-state index in [2.05, 4.69) is 37.3 Å². The summed E-state index contributed by atoms with van der Waals surface area (Å²) in [7, 11) is 1.89. The fourth-order valence-corrected chi connectivity index (χ4v) is 4.02. The Labute approximate surface area is 162 Å². The molecule has 5 aromatic rings. The standard InChI is InChI=1S/C25H22NO/c1-15-9-11-20-24-19-8-6-5-7-18(19)10-12-22(24)27-25(20)23(15)21-13-16(2)17(3)14-26(21)4/h5-14H,1-4H3/q+1/i3D3. The maximum Gasteiger partial charge on any atom is 0.216 e. The summed E-state index contributed by atoms with van der Waals surface area (Å²) in [6, 6.07) is 18.6. The van der Waals surface area contributed by atoms with E-state index in [9.17, 15) is 0 Å². The summed E-state index contributed by atoms with van der Waals surface area (Å²) >= 11 is 0. The summed E-state index contributed by atoms with van der Waals surface area (Å²) in [5.41, 5.74) is 5.83. The topological polar surface area (TPSA) is 17.0 Å². The van der Waals surface area contributed by atoms with E-state index in [1.807, 2.05) is 42.8 Å². The molecular weight excluding hydrogens is 330 g/mol. The zero-order valence-electron chi connectivity index (χ0n) is 18.6. The van der Waals surface area contributed by atoms with Gasteiger partial charge >= 0.3 is 0 Å². The first-order valence-electron chi connectivity index (χ1n) is 10.6. The van der Waals surface area contributed by atoms with Gasteiger partial charge < -0.3 is 4.42 Å². The minimum atomic E-state index is -2.14. The van der Waals surface area contributed by atoms with Crippen LogP contribution in [0.5, 0.6) is 0 Å². The highest BCUT2D eigenvalue weighted by molar-refractivity contribution is 6.20. The van der Waals surface area contributed by atoms with Crippen LogP contribution in [0.25, 0.3) is 44.0 Å². The third kappa shape index (κ3) is 2.30. The van der Waals surface area contributed by atoms with Gasteiger partial charge in [0.2, 0.25) is 5.69 Å². The number of nitrogens with zero attached hydrogens (tertiary/aromatic N) is 1. The van der Waals surface area contributed by atoms with Gasteiger partial charge in [0.05, 0.1) is 5.56 Å². The van der Waals surface area contributed by atoms with Crippen molar-refractivity contribution in [1.82, 2.24) is 0 Å². The number of hydrogen-bond acceptors (Lipinski definition) is 1. The highest BCUT2D eigenvalue weighted by atomic mass is 16.3. The van der Waals surface area contributed by atoms with Gasteiger partial charge in [-0.2, -0.15) is 0 Å². The Kier molecular flexibility index (Phi) is 2.76. The van der Waals surface area contributed by atoms with Crippen LogP contribution < -0.4 is 4.57 Å². The molecule has 2 heteroatoms. The lowest BCUT2D eigenvalue weighted by molar-refractivity contribution is -0.660. The third-order valence-electron chi connectivity index (χ3n) is 5.48. The molecule has 0 aliphatic heterocycles. The first kappa shape index (κ1) is 13.1. The molecule has 5 rings (SSSR count). The predicted molar refractivity (Wildman–Crippen MR) is 112 cm³/mol. The van der Waals surface area contributed by atoms with Crippen molar-refractivity contribution in [3.63, 3.8) is 0 Å². The van der Waals surface area contributed by atoms with Gasteiger partial charge in [0.15, 0.2) is 6.20 Å². The number of furan rings is 1. The number of aryl methyl sites for hydroxylation is 4. The molecule has 27 heavy (non-hydrogen) atoms. The summed E-state index contributed by atoms with van der Waals surface area (Å²) in [5.74, 6) is 0. The van der Waals surface area contributed by atoms with Gasteiger partial charge in [-0.1, -0.05) is 42.5 Å². The van der Waals surface area contributed by atoms with Crippen LogP contribution in [0.1, 0.15) is 20.8 Å². The first-order valence-corrected chi connectivity index (χ1v) is 9.10.